The first-order valence-electron chi connectivity index (χ1n) is 10.2. The van der Waals surface area contributed by atoms with Crippen molar-refractivity contribution in [1.82, 2.24) is 15.1 Å². The highest BCUT2D eigenvalue weighted by molar-refractivity contribution is 6.30. The third-order valence-corrected chi connectivity index (χ3v) is 5.70. The SMILES string of the molecule is CC(=O)NC1CCN(c2cc(Cl)ccc2CN2CCN(CC(C)C)CC2)C1. The van der Waals surface area contributed by atoms with E-state index in [1.54, 1.807) is 6.92 Å². The molecule has 2 heterocycles. The molecular weight excluding hydrogens is 360 g/mol. The average Bonchev–Trinajstić information content (AvgIpc) is 3.05. The van der Waals surface area contributed by atoms with Gasteiger partial charge in [-0.25, -0.2) is 0 Å². The number of hydrogen-bond acceptors (Lipinski definition) is 4. The van der Waals surface area contributed by atoms with Crippen LogP contribution in [0.5, 0.6) is 0 Å². The highest BCUT2D eigenvalue weighted by atomic mass is 35.5. The number of amides is 1. The number of halogens is 1. The summed E-state index contributed by atoms with van der Waals surface area (Å²) in [6, 6.07) is 6.48. The number of nitrogens with zero attached hydrogens (tertiary/aromatic N) is 3. The molecule has 2 aliphatic rings. The van der Waals surface area contributed by atoms with Crippen LogP contribution in [0, 0.1) is 5.92 Å². The summed E-state index contributed by atoms with van der Waals surface area (Å²) < 4.78 is 0. The van der Waals surface area contributed by atoms with E-state index in [-0.39, 0.29) is 11.9 Å². The molecule has 0 spiro atoms. The summed E-state index contributed by atoms with van der Waals surface area (Å²) >= 11 is 6.31. The summed E-state index contributed by atoms with van der Waals surface area (Å²) in [4.78, 5) is 18.8. The molecule has 1 N–H and O–H groups in total. The molecule has 5 nitrogen and oxygen atoms in total. The molecule has 0 saturated carbocycles. The van der Waals surface area contributed by atoms with E-state index in [0.29, 0.717) is 0 Å². The highest BCUT2D eigenvalue weighted by Crippen LogP contribution is 2.29. The second-order valence-corrected chi connectivity index (χ2v) is 8.81. The second-order valence-electron chi connectivity index (χ2n) is 8.38. The minimum atomic E-state index is 0.0486. The lowest BCUT2D eigenvalue weighted by molar-refractivity contribution is -0.119. The van der Waals surface area contributed by atoms with Crippen molar-refractivity contribution in [1.29, 1.82) is 0 Å². The van der Waals surface area contributed by atoms with E-state index in [9.17, 15) is 4.79 Å². The van der Waals surface area contributed by atoms with Crippen LogP contribution in [0.4, 0.5) is 5.69 Å². The summed E-state index contributed by atoms with van der Waals surface area (Å²) in [6.07, 6.45) is 0.986. The first-order valence-corrected chi connectivity index (χ1v) is 10.5. The van der Waals surface area contributed by atoms with E-state index in [1.807, 2.05) is 6.07 Å². The van der Waals surface area contributed by atoms with Gasteiger partial charge in [-0.3, -0.25) is 9.69 Å². The first kappa shape index (κ1) is 20.4. The van der Waals surface area contributed by atoms with Crippen LogP contribution in [0.3, 0.4) is 0 Å². The lowest BCUT2D eigenvalue weighted by Gasteiger charge is -2.36. The number of benzene rings is 1. The van der Waals surface area contributed by atoms with E-state index >= 15 is 0 Å². The molecule has 1 amide bonds. The Balaban J connectivity index is 1.62. The summed E-state index contributed by atoms with van der Waals surface area (Å²) in [5.74, 6) is 0.776. The fourth-order valence-corrected chi connectivity index (χ4v) is 4.40. The minimum Gasteiger partial charge on any atom is -0.369 e. The number of nitrogens with one attached hydrogen (secondary N) is 1. The molecule has 1 unspecified atom stereocenters. The molecule has 1 atom stereocenters. The molecule has 0 bridgehead atoms. The van der Waals surface area contributed by atoms with Gasteiger partial charge >= 0.3 is 0 Å². The van der Waals surface area contributed by atoms with Gasteiger partial charge in [-0.1, -0.05) is 31.5 Å². The number of piperazine rings is 1. The van der Waals surface area contributed by atoms with Crippen LogP contribution < -0.4 is 10.2 Å². The van der Waals surface area contributed by atoms with Crippen molar-refractivity contribution in [3.05, 3.63) is 28.8 Å². The normalized spacial score (nSPS) is 21.8. The van der Waals surface area contributed by atoms with Crippen LogP contribution in [0.2, 0.25) is 5.02 Å². The maximum atomic E-state index is 11.4. The summed E-state index contributed by atoms with van der Waals surface area (Å²) in [6.45, 7) is 14.7. The van der Waals surface area contributed by atoms with Crippen LogP contribution in [0.25, 0.3) is 0 Å². The Morgan fingerprint density at radius 2 is 1.89 bits per heavy atom. The van der Waals surface area contributed by atoms with E-state index < -0.39 is 0 Å². The van der Waals surface area contributed by atoms with Crippen molar-refractivity contribution in [3.63, 3.8) is 0 Å². The molecule has 0 aromatic heterocycles. The molecule has 0 radical (unpaired) electrons. The van der Waals surface area contributed by atoms with E-state index in [0.717, 1.165) is 63.2 Å². The van der Waals surface area contributed by atoms with Crippen molar-refractivity contribution in [3.8, 4) is 0 Å². The number of rotatable bonds is 6. The van der Waals surface area contributed by atoms with Crippen molar-refractivity contribution in [2.24, 2.45) is 5.92 Å². The van der Waals surface area contributed by atoms with Gasteiger partial charge in [0.25, 0.3) is 0 Å². The zero-order valence-corrected chi connectivity index (χ0v) is 17.6. The summed E-state index contributed by atoms with van der Waals surface area (Å²) in [5.41, 5.74) is 2.56. The number of carbonyl (C=O) groups excluding carboxylic acids is 1. The predicted molar refractivity (Wildman–Crippen MR) is 112 cm³/mol. The zero-order chi connectivity index (χ0) is 19.4. The molecule has 1 aromatic carbocycles. The Kier molecular flexibility index (Phi) is 7.01. The van der Waals surface area contributed by atoms with Gasteiger partial charge in [0, 0.05) is 76.0 Å². The van der Waals surface area contributed by atoms with Crippen molar-refractivity contribution in [2.45, 2.75) is 39.8 Å². The van der Waals surface area contributed by atoms with Crippen molar-refractivity contribution >= 4 is 23.2 Å². The lowest BCUT2D eigenvalue weighted by atomic mass is 10.1. The van der Waals surface area contributed by atoms with Crippen LogP contribution in [-0.4, -0.2) is 67.6 Å². The van der Waals surface area contributed by atoms with Crippen molar-refractivity contribution in [2.75, 3.05) is 50.7 Å². The summed E-state index contributed by atoms with van der Waals surface area (Å²) in [5, 5.41) is 3.82. The number of hydrogen-bond donors (Lipinski definition) is 1. The van der Waals surface area contributed by atoms with Gasteiger partial charge in [0.15, 0.2) is 0 Å². The maximum absolute atomic E-state index is 11.4. The third kappa shape index (κ3) is 5.84. The summed E-state index contributed by atoms with van der Waals surface area (Å²) in [7, 11) is 0. The molecule has 2 aliphatic heterocycles. The highest BCUT2D eigenvalue weighted by Gasteiger charge is 2.26. The monoisotopic (exact) mass is 392 g/mol. The molecule has 27 heavy (non-hydrogen) atoms. The average molecular weight is 393 g/mol. The Labute approximate surface area is 168 Å². The van der Waals surface area contributed by atoms with Gasteiger partial charge in [0.1, 0.15) is 0 Å². The lowest BCUT2D eigenvalue weighted by Crippen LogP contribution is -2.47. The predicted octanol–water partition coefficient (Wildman–Crippen LogP) is 2.83. The molecular formula is C21H33ClN4O. The zero-order valence-electron chi connectivity index (χ0n) is 16.9. The van der Waals surface area contributed by atoms with E-state index in [2.05, 4.69) is 46.0 Å². The number of carbonyl (C=O) groups is 1. The Morgan fingerprint density at radius 1 is 1.19 bits per heavy atom. The topological polar surface area (TPSA) is 38.8 Å². The van der Waals surface area contributed by atoms with Gasteiger partial charge in [-0.15, -0.1) is 0 Å². The Hall–Kier alpha value is -1.30. The maximum Gasteiger partial charge on any atom is 0.217 e. The van der Waals surface area contributed by atoms with Crippen molar-refractivity contribution < 1.29 is 4.79 Å². The third-order valence-electron chi connectivity index (χ3n) is 5.47. The molecule has 3 rings (SSSR count). The van der Waals surface area contributed by atoms with Gasteiger partial charge in [0.05, 0.1) is 0 Å². The molecule has 1 aromatic rings. The molecule has 0 aliphatic carbocycles. The van der Waals surface area contributed by atoms with Gasteiger partial charge in [-0.05, 0) is 30.0 Å². The largest absolute Gasteiger partial charge is 0.369 e. The fraction of sp³-hybridized carbons (Fsp3) is 0.667. The first-order chi connectivity index (χ1) is 12.9. The minimum absolute atomic E-state index is 0.0486. The quantitative estimate of drug-likeness (QED) is 0.808. The van der Waals surface area contributed by atoms with E-state index in [4.69, 9.17) is 11.6 Å². The van der Waals surface area contributed by atoms with Gasteiger partial charge in [-0.2, -0.15) is 0 Å². The molecule has 2 fully saturated rings. The Bertz CT molecular complexity index is 643. The molecule has 6 heteroatoms. The van der Waals surface area contributed by atoms with E-state index in [1.165, 1.54) is 17.8 Å². The van der Waals surface area contributed by atoms with Crippen LogP contribution in [-0.2, 0) is 11.3 Å². The molecule has 150 valence electrons. The van der Waals surface area contributed by atoms with Crippen LogP contribution >= 0.6 is 11.6 Å². The molecule has 2 saturated heterocycles. The Morgan fingerprint density at radius 3 is 2.56 bits per heavy atom. The second kappa shape index (κ2) is 9.26. The van der Waals surface area contributed by atoms with Gasteiger partial charge in [0.2, 0.25) is 5.91 Å². The smallest absolute Gasteiger partial charge is 0.217 e. The van der Waals surface area contributed by atoms with Crippen LogP contribution in [0.15, 0.2) is 18.2 Å². The number of anilines is 1. The standard InChI is InChI=1S/C21H33ClN4O/c1-16(2)13-24-8-10-25(11-9-24)14-18-4-5-19(22)12-21(18)26-7-6-20(15-26)23-17(3)27/h4-5,12,16,20H,6-11,13-15H2,1-3H3,(H,23,27). The van der Waals surface area contributed by atoms with Gasteiger partial charge < -0.3 is 15.1 Å². The van der Waals surface area contributed by atoms with Crippen LogP contribution in [0.1, 0.15) is 32.8 Å². The fourth-order valence-electron chi connectivity index (χ4n) is 4.24.